The second-order valence-electron chi connectivity index (χ2n) is 13.7. The van der Waals surface area contributed by atoms with E-state index >= 15 is 0 Å². The molecule has 4 aliphatic rings. The summed E-state index contributed by atoms with van der Waals surface area (Å²) in [6.07, 6.45) is 14.9. The maximum atomic E-state index is 14.0. The quantitative estimate of drug-likeness (QED) is 0.430. The molecule has 3 unspecified atom stereocenters. The van der Waals surface area contributed by atoms with Crippen molar-refractivity contribution in [1.29, 1.82) is 0 Å². The first-order valence-corrected chi connectivity index (χ1v) is 15.7. The lowest BCUT2D eigenvalue weighted by molar-refractivity contribution is -0.0543. The predicted molar refractivity (Wildman–Crippen MR) is 161 cm³/mol. The van der Waals surface area contributed by atoms with Gasteiger partial charge in [0.05, 0.1) is 17.8 Å². The number of aromatic amines is 1. The highest BCUT2D eigenvalue weighted by Gasteiger charge is 2.42. The first kappa shape index (κ1) is 26.9. The molecule has 4 heteroatoms. The van der Waals surface area contributed by atoms with Crippen LogP contribution in [-0.2, 0) is 23.0 Å². The van der Waals surface area contributed by atoms with Crippen LogP contribution in [0, 0.1) is 17.8 Å². The Morgan fingerprint density at radius 2 is 1.72 bits per heavy atom. The molecule has 1 aromatic carbocycles. The molecule has 2 aliphatic heterocycles. The summed E-state index contributed by atoms with van der Waals surface area (Å²) in [6.45, 7) is 15.8. The summed E-state index contributed by atoms with van der Waals surface area (Å²) in [6, 6.07) is 4.63. The Kier molecular flexibility index (Phi) is 7.06. The van der Waals surface area contributed by atoms with E-state index in [0.29, 0.717) is 18.1 Å². The molecular formula is C35H48N2O2. The average Bonchev–Trinajstić information content (AvgIpc) is 3.30. The smallest absolute Gasteiger partial charge is 0.195 e. The molecule has 1 N–H and O–H groups in total. The van der Waals surface area contributed by atoms with Crippen molar-refractivity contribution in [3.8, 4) is 0 Å². The maximum absolute atomic E-state index is 14.0. The van der Waals surface area contributed by atoms with Gasteiger partial charge in [0, 0.05) is 46.7 Å². The topological polar surface area (TPSA) is 45.3 Å². The summed E-state index contributed by atoms with van der Waals surface area (Å²) in [7, 11) is 0. The molecule has 2 fully saturated rings. The van der Waals surface area contributed by atoms with Crippen LogP contribution in [-0.4, -0.2) is 36.1 Å². The van der Waals surface area contributed by atoms with Gasteiger partial charge in [0.25, 0.3) is 0 Å². The van der Waals surface area contributed by atoms with Gasteiger partial charge in [-0.3, -0.25) is 4.79 Å². The lowest BCUT2D eigenvalue weighted by atomic mass is 9.70. The Morgan fingerprint density at radius 3 is 2.41 bits per heavy atom. The van der Waals surface area contributed by atoms with E-state index in [2.05, 4.69) is 75.7 Å². The van der Waals surface area contributed by atoms with Crippen molar-refractivity contribution in [3.05, 3.63) is 57.4 Å². The molecule has 2 saturated heterocycles. The van der Waals surface area contributed by atoms with Crippen molar-refractivity contribution in [2.24, 2.45) is 17.8 Å². The van der Waals surface area contributed by atoms with Crippen molar-refractivity contribution in [1.82, 2.24) is 4.98 Å². The first-order valence-electron chi connectivity index (χ1n) is 15.7. The SMILES string of the molecule is CCc1cc2c(cc1N1CCC(CCC3CC(C)OC(C)C3)CC1)C(C)(C)c1[nH]c3c(c1C2=O)C=CC(C)C3. The molecule has 2 aliphatic carbocycles. The number of aryl methyl sites for hydroxylation is 1. The van der Waals surface area contributed by atoms with E-state index in [1.165, 1.54) is 61.0 Å². The van der Waals surface area contributed by atoms with Crippen molar-refractivity contribution in [3.63, 3.8) is 0 Å². The van der Waals surface area contributed by atoms with Gasteiger partial charge in [0.2, 0.25) is 0 Å². The first-order chi connectivity index (χ1) is 18.7. The third kappa shape index (κ3) is 4.81. The maximum Gasteiger partial charge on any atom is 0.195 e. The van der Waals surface area contributed by atoms with Crippen LogP contribution in [0.1, 0.15) is 124 Å². The molecule has 0 radical (unpaired) electrons. The zero-order valence-electron chi connectivity index (χ0n) is 25.0. The van der Waals surface area contributed by atoms with Gasteiger partial charge < -0.3 is 14.6 Å². The molecule has 210 valence electrons. The summed E-state index contributed by atoms with van der Waals surface area (Å²) in [4.78, 5) is 20.3. The highest BCUT2D eigenvalue weighted by molar-refractivity contribution is 6.15. The second-order valence-corrected chi connectivity index (χ2v) is 13.7. The number of ether oxygens (including phenoxy) is 1. The number of rotatable bonds is 5. The van der Waals surface area contributed by atoms with E-state index < -0.39 is 0 Å². The number of benzene rings is 1. The number of piperidine rings is 1. The molecule has 1 aromatic heterocycles. The van der Waals surface area contributed by atoms with E-state index in [9.17, 15) is 4.79 Å². The van der Waals surface area contributed by atoms with Crippen molar-refractivity contribution < 1.29 is 9.53 Å². The molecule has 0 spiro atoms. The molecule has 0 saturated carbocycles. The standard InChI is InChI=1S/C35H48N2O2/c1-7-26-19-28-29(35(5,6)34-32(33(28)38)27-11-8-21(2)16-30(27)36-34)20-31(26)37-14-12-24(13-15-37)9-10-25-17-22(3)39-23(4)18-25/h8,11,19-25,36H,7,9-10,12-18H2,1-6H3. The molecule has 39 heavy (non-hydrogen) atoms. The number of anilines is 1. The fraction of sp³-hybridized carbons (Fsp3) is 0.629. The van der Waals surface area contributed by atoms with Gasteiger partial charge >= 0.3 is 0 Å². The number of fused-ring (bicyclic) bond motifs is 4. The van der Waals surface area contributed by atoms with Crippen LogP contribution in [0.4, 0.5) is 5.69 Å². The van der Waals surface area contributed by atoms with E-state index in [1.54, 1.807) is 0 Å². The van der Waals surface area contributed by atoms with Crippen LogP contribution in [0.2, 0.25) is 0 Å². The minimum absolute atomic E-state index is 0.202. The summed E-state index contributed by atoms with van der Waals surface area (Å²) >= 11 is 0. The number of ketones is 1. The minimum atomic E-state index is -0.232. The van der Waals surface area contributed by atoms with E-state index in [1.807, 2.05) is 0 Å². The number of allylic oxidation sites excluding steroid dienone is 1. The van der Waals surface area contributed by atoms with Crippen LogP contribution in [0.25, 0.3) is 6.08 Å². The fourth-order valence-corrected chi connectivity index (χ4v) is 8.16. The fourth-order valence-electron chi connectivity index (χ4n) is 8.16. The van der Waals surface area contributed by atoms with Gasteiger partial charge in [-0.1, -0.05) is 46.3 Å². The van der Waals surface area contributed by atoms with Gasteiger partial charge in [-0.2, -0.15) is 0 Å². The largest absolute Gasteiger partial charge is 0.376 e. The Balaban J connectivity index is 1.21. The number of carbonyl (C=O) groups excluding carboxylic acids is 1. The van der Waals surface area contributed by atoms with Crippen LogP contribution in [0.3, 0.4) is 0 Å². The van der Waals surface area contributed by atoms with Crippen LogP contribution in [0.5, 0.6) is 0 Å². The Labute approximate surface area is 235 Å². The molecule has 3 atom stereocenters. The van der Waals surface area contributed by atoms with E-state index in [4.69, 9.17) is 4.74 Å². The van der Waals surface area contributed by atoms with Crippen molar-refractivity contribution in [2.45, 2.75) is 111 Å². The van der Waals surface area contributed by atoms with Gasteiger partial charge in [0.1, 0.15) is 0 Å². The van der Waals surface area contributed by atoms with E-state index in [-0.39, 0.29) is 11.2 Å². The average molecular weight is 529 g/mol. The molecule has 0 bridgehead atoms. The zero-order valence-corrected chi connectivity index (χ0v) is 25.0. The monoisotopic (exact) mass is 528 g/mol. The number of hydrogen-bond acceptors (Lipinski definition) is 3. The van der Waals surface area contributed by atoms with Crippen LogP contribution in [0.15, 0.2) is 18.2 Å². The number of aromatic nitrogens is 1. The minimum Gasteiger partial charge on any atom is -0.376 e. The molecule has 4 nitrogen and oxygen atoms in total. The number of hydrogen-bond donors (Lipinski definition) is 1. The van der Waals surface area contributed by atoms with Crippen LogP contribution < -0.4 is 4.90 Å². The van der Waals surface area contributed by atoms with Gasteiger partial charge in [-0.15, -0.1) is 0 Å². The summed E-state index contributed by atoms with van der Waals surface area (Å²) < 4.78 is 5.97. The van der Waals surface area contributed by atoms with Gasteiger partial charge in [0.15, 0.2) is 5.78 Å². The zero-order chi connectivity index (χ0) is 27.5. The third-order valence-corrected chi connectivity index (χ3v) is 10.3. The lowest BCUT2D eigenvalue weighted by Crippen LogP contribution is -2.36. The Bertz CT molecular complexity index is 1270. The number of H-pyrrole nitrogens is 1. The highest BCUT2D eigenvalue weighted by atomic mass is 16.5. The number of nitrogens with zero attached hydrogens (tertiary/aromatic N) is 1. The third-order valence-electron chi connectivity index (χ3n) is 10.3. The Morgan fingerprint density at radius 1 is 1.03 bits per heavy atom. The second kappa shape index (κ2) is 10.3. The molecular weight excluding hydrogens is 480 g/mol. The van der Waals surface area contributed by atoms with E-state index in [0.717, 1.165) is 60.2 Å². The molecule has 6 rings (SSSR count). The van der Waals surface area contributed by atoms with Crippen molar-refractivity contribution >= 4 is 17.5 Å². The van der Waals surface area contributed by atoms with Gasteiger partial charge in [-0.25, -0.2) is 0 Å². The molecule has 3 heterocycles. The predicted octanol–water partition coefficient (Wildman–Crippen LogP) is 7.85. The molecule has 2 aromatic rings. The normalized spacial score (nSPS) is 28.3. The van der Waals surface area contributed by atoms with Crippen molar-refractivity contribution in [2.75, 3.05) is 18.0 Å². The Hall–Kier alpha value is -2.33. The summed E-state index contributed by atoms with van der Waals surface area (Å²) in [5.41, 5.74) is 8.92. The summed E-state index contributed by atoms with van der Waals surface area (Å²) in [5, 5.41) is 0. The number of nitrogens with one attached hydrogen (secondary N) is 1. The summed E-state index contributed by atoms with van der Waals surface area (Å²) in [5.74, 6) is 2.37. The van der Waals surface area contributed by atoms with Gasteiger partial charge in [-0.05, 0) is 99.8 Å². The molecule has 0 amide bonds. The lowest BCUT2D eigenvalue weighted by Gasteiger charge is -2.38. The van der Waals surface area contributed by atoms with Crippen LogP contribution >= 0.6 is 0 Å². The number of carbonyl (C=O) groups is 1. The highest BCUT2D eigenvalue weighted by Crippen LogP contribution is 2.46.